The lowest BCUT2D eigenvalue weighted by Gasteiger charge is -2.37. The van der Waals surface area contributed by atoms with Gasteiger partial charge in [0, 0.05) is 24.4 Å². The fourth-order valence-corrected chi connectivity index (χ4v) is 2.73. The summed E-state index contributed by atoms with van der Waals surface area (Å²) in [7, 11) is 1.92. The molecule has 0 aromatic rings. The standard InChI is InChI=1S/C9H18N2OS/c1-7(4-10-3)11-8(2)5-13-6-9(11)12/h7-8,10H,4-6H2,1-3H3. The molecule has 0 radical (unpaired) electrons. The van der Waals surface area contributed by atoms with Crippen molar-refractivity contribution in [2.75, 3.05) is 25.1 Å². The number of rotatable bonds is 3. The minimum atomic E-state index is 0.284. The third-order valence-corrected chi connectivity index (χ3v) is 3.49. The van der Waals surface area contributed by atoms with E-state index in [0.29, 0.717) is 17.8 Å². The average Bonchev–Trinajstić information content (AvgIpc) is 2.04. The first-order chi connectivity index (χ1) is 6.16. The molecule has 1 amide bonds. The maximum atomic E-state index is 11.6. The lowest BCUT2D eigenvalue weighted by Crippen LogP contribution is -2.52. The van der Waals surface area contributed by atoms with Crippen LogP contribution in [0.5, 0.6) is 0 Å². The van der Waals surface area contributed by atoms with Gasteiger partial charge in [-0.25, -0.2) is 0 Å². The number of thioether (sulfide) groups is 1. The van der Waals surface area contributed by atoms with Crippen LogP contribution in [0.15, 0.2) is 0 Å². The lowest BCUT2D eigenvalue weighted by atomic mass is 10.2. The van der Waals surface area contributed by atoms with E-state index in [1.54, 1.807) is 11.8 Å². The molecule has 0 aromatic heterocycles. The zero-order valence-corrected chi connectivity index (χ0v) is 9.36. The topological polar surface area (TPSA) is 32.3 Å². The maximum absolute atomic E-state index is 11.6. The van der Waals surface area contributed by atoms with Crippen LogP contribution < -0.4 is 5.32 Å². The molecule has 76 valence electrons. The van der Waals surface area contributed by atoms with Crippen LogP contribution in [-0.4, -0.2) is 48.0 Å². The molecule has 0 aliphatic carbocycles. The van der Waals surface area contributed by atoms with E-state index in [9.17, 15) is 4.79 Å². The highest BCUT2D eigenvalue weighted by Crippen LogP contribution is 2.19. The smallest absolute Gasteiger partial charge is 0.233 e. The Bertz CT molecular complexity index is 186. The zero-order chi connectivity index (χ0) is 9.84. The van der Waals surface area contributed by atoms with Crippen molar-refractivity contribution in [3.05, 3.63) is 0 Å². The molecular formula is C9H18N2OS. The molecule has 1 N–H and O–H groups in total. The fourth-order valence-electron chi connectivity index (χ4n) is 1.79. The van der Waals surface area contributed by atoms with Gasteiger partial charge in [-0.05, 0) is 20.9 Å². The van der Waals surface area contributed by atoms with E-state index in [0.717, 1.165) is 12.3 Å². The second-order valence-corrected chi connectivity index (χ2v) is 4.60. The molecular weight excluding hydrogens is 184 g/mol. The normalized spacial score (nSPS) is 26.2. The van der Waals surface area contributed by atoms with E-state index < -0.39 is 0 Å². The molecule has 1 aliphatic heterocycles. The summed E-state index contributed by atoms with van der Waals surface area (Å²) in [5.41, 5.74) is 0. The Hall–Kier alpha value is -0.220. The average molecular weight is 202 g/mol. The van der Waals surface area contributed by atoms with Crippen LogP contribution >= 0.6 is 11.8 Å². The molecule has 0 saturated carbocycles. The van der Waals surface area contributed by atoms with Gasteiger partial charge in [0.2, 0.25) is 5.91 Å². The van der Waals surface area contributed by atoms with Gasteiger partial charge < -0.3 is 10.2 Å². The minimum absolute atomic E-state index is 0.284. The molecule has 1 saturated heterocycles. The van der Waals surface area contributed by atoms with Gasteiger partial charge in [-0.3, -0.25) is 4.79 Å². The van der Waals surface area contributed by atoms with Crippen molar-refractivity contribution in [2.45, 2.75) is 25.9 Å². The molecule has 2 unspecified atom stereocenters. The van der Waals surface area contributed by atoms with Gasteiger partial charge in [0.05, 0.1) is 5.75 Å². The number of likely N-dealkylation sites (N-methyl/N-ethyl adjacent to an activating group) is 1. The van der Waals surface area contributed by atoms with Gasteiger partial charge >= 0.3 is 0 Å². The number of carbonyl (C=O) groups excluding carboxylic acids is 1. The highest BCUT2D eigenvalue weighted by molar-refractivity contribution is 8.00. The summed E-state index contributed by atoms with van der Waals surface area (Å²) in [6.45, 7) is 5.10. The molecule has 4 heteroatoms. The van der Waals surface area contributed by atoms with Crippen molar-refractivity contribution < 1.29 is 4.79 Å². The van der Waals surface area contributed by atoms with Crippen LogP contribution in [0, 0.1) is 0 Å². The summed E-state index contributed by atoms with van der Waals surface area (Å²) in [4.78, 5) is 13.6. The first-order valence-electron chi connectivity index (χ1n) is 4.70. The molecule has 3 nitrogen and oxygen atoms in total. The van der Waals surface area contributed by atoms with Crippen molar-refractivity contribution in [2.24, 2.45) is 0 Å². The van der Waals surface area contributed by atoms with Crippen LogP contribution in [0.4, 0.5) is 0 Å². The Kier molecular flexibility index (Phi) is 4.06. The van der Waals surface area contributed by atoms with E-state index >= 15 is 0 Å². The molecule has 2 atom stereocenters. The highest BCUT2D eigenvalue weighted by Gasteiger charge is 2.28. The summed E-state index contributed by atoms with van der Waals surface area (Å²) >= 11 is 1.74. The second kappa shape index (κ2) is 4.86. The number of nitrogens with one attached hydrogen (secondary N) is 1. The predicted octanol–water partition coefficient (Wildman–Crippen LogP) is 0.558. The van der Waals surface area contributed by atoms with Gasteiger partial charge in [0.1, 0.15) is 0 Å². The molecule has 13 heavy (non-hydrogen) atoms. The van der Waals surface area contributed by atoms with Crippen molar-refractivity contribution in [1.29, 1.82) is 0 Å². The number of hydrogen-bond donors (Lipinski definition) is 1. The summed E-state index contributed by atoms with van der Waals surface area (Å²) in [6.07, 6.45) is 0. The Morgan fingerprint density at radius 3 is 3.00 bits per heavy atom. The summed E-state index contributed by atoms with van der Waals surface area (Å²) < 4.78 is 0. The lowest BCUT2D eigenvalue weighted by molar-refractivity contribution is -0.132. The minimum Gasteiger partial charge on any atom is -0.334 e. The highest BCUT2D eigenvalue weighted by atomic mass is 32.2. The Labute approximate surface area is 84.2 Å². The van der Waals surface area contributed by atoms with Gasteiger partial charge in [-0.2, -0.15) is 0 Å². The monoisotopic (exact) mass is 202 g/mol. The molecule has 0 bridgehead atoms. The SMILES string of the molecule is CNCC(C)N1C(=O)CSCC1C. The van der Waals surface area contributed by atoms with E-state index in [1.807, 2.05) is 11.9 Å². The Balaban J connectivity index is 2.57. The van der Waals surface area contributed by atoms with Crippen LogP contribution in [-0.2, 0) is 4.79 Å². The largest absolute Gasteiger partial charge is 0.334 e. The van der Waals surface area contributed by atoms with Crippen molar-refractivity contribution >= 4 is 17.7 Å². The third kappa shape index (κ3) is 2.61. The van der Waals surface area contributed by atoms with Crippen molar-refractivity contribution in [3.8, 4) is 0 Å². The second-order valence-electron chi connectivity index (χ2n) is 3.57. The van der Waals surface area contributed by atoms with Crippen molar-refractivity contribution in [3.63, 3.8) is 0 Å². The van der Waals surface area contributed by atoms with Gasteiger partial charge in [0.25, 0.3) is 0 Å². The van der Waals surface area contributed by atoms with Gasteiger partial charge in [-0.1, -0.05) is 0 Å². The van der Waals surface area contributed by atoms with E-state index in [2.05, 4.69) is 19.2 Å². The number of amides is 1. The number of hydrogen-bond acceptors (Lipinski definition) is 3. The molecule has 1 fully saturated rings. The first-order valence-corrected chi connectivity index (χ1v) is 5.85. The van der Waals surface area contributed by atoms with Crippen LogP contribution in [0.3, 0.4) is 0 Å². The zero-order valence-electron chi connectivity index (χ0n) is 8.54. The Morgan fingerprint density at radius 1 is 1.77 bits per heavy atom. The summed E-state index contributed by atoms with van der Waals surface area (Å²) in [6, 6.07) is 0.697. The maximum Gasteiger partial charge on any atom is 0.233 e. The molecule has 1 aliphatic rings. The molecule has 0 aromatic carbocycles. The van der Waals surface area contributed by atoms with Crippen LogP contribution in [0.2, 0.25) is 0 Å². The van der Waals surface area contributed by atoms with Crippen molar-refractivity contribution in [1.82, 2.24) is 10.2 Å². The van der Waals surface area contributed by atoms with Gasteiger partial charge in [0.15, 0.2) is 0 Å². The van der Waals surface area contributed by atoms with Crippen LogP contribution in [0.25, 0.3) is 0 Å². The molecule has 0 spiro atoms. The van der Waals surface area contributed by atoms with E-state index in [1.165, 1.54) is 0 Å². The quantitative estimate of drug-likeness (QED) is 0.726. The number of nitrogens with zero attached hydrogens (tertiary/aromatic N) is 1. The van der Waals surface area contributed by atoms with Crippen LogP contribution in [0.1, 0.15) is 13.8 Å². The first kappa shape index (κ1) is 10.9. The third-order valence-electron chi connectivity index (χ3n) is 2.32. The fraction of sp³-hybridized carbons (Fsp3) is 0.889. The Morgan fingerprint density at radius 2 is 2.46 bits per heavy atom. The van der Waals surface area contributed by atoms with E-state index in [-0.39, 0.29) is 5.91 Å². The number of carbonyl (C=O) groups is 1. The molecule has 1 heterocycles. The van der Waals surface area contributed by atoms with Gasteiger partial charge in [-0.15, -0.1) is 11.8 Å². The van der Waals surface area contributed by atoms with E-state index in [4.69, 9.17) is 0 Å². The summed E-state index contributed by atoms with van der Waals surface area (Å²) in [5, 5.41) is 3.11. The summed E-state index contributed by atoms with van der Waals surface area (Å²) in [5.74, 6) is 2.00. The molecule has 1 rings (SSSR count). The predicted molar refractivity (Wildman–Crippen MR) is 57.0 cm³/mol.